The van der Waals surface area contributed by atoms with E-state index in [1.807, 2.05) is 71.7 Å². The van der Waals surface area contributed by atoms with Crippen LogP contribution in [0.3, 0.4) is 0 Å². The first kappa shape index (κ1) is 29.0. The number of hydrazone groups is 1. The molecule has 7 heteroatoms. The van der Waals surface area contributed by atoms with E-state index >= 15 is 0 Å². The molecule has 0 unspecified atom stereocenters. The molecule has 7 nitrogen and oxygen atoms in total. The Morgan fingerprint density at radius 1 is 0.875 bits per heavy atom. The summed E-state index contributed by atoms with van der Waals surface area (Å²) in [4.78, 5) is 25.3. The number of nitrogens with zero attached hydrogens (tertiary/aromatic N) is 2. The molecule has 0 saturated carbocycles. The van der Waals surface area contributed by atoms with Crippen molar-refractivity contribution in [2.45, 2.75) is 37.8 Å². The van der Waals surface area contributed by atoms with Gasteiger partial charge in [-0.3, -0.25) is 14.6 Å². The van der Waals surface area contributed by atoms with Crippen molar-refractivity contribution in [3.05, 3.63) is 108 Å². The van der Waals surface area contributed by atoms with Gasteiger partial charge in [-0.2, -0.15) is 5.10 Å². The molecule has 1 heterocycles. The molecular formula is C33H38N2O5. The van der Waals surface area contributed by atoms with Gasteiger partial charge in [0.25, 0.3) is 0 Å². The fraction of sp³-hybridized carbons (Fsp3) is 0.364. The zero-order valence-electron chi connectivity index (χ0n) is 23.2. The van der Waals surface area contributed by atoms with Gasteiger partial charge in [-0.05, 0) is 42.4 Å². The smallest absolute Gasteiger partial charge is 0.320 e. The first-order valence-corrected chi connectivity index (χ1v) is 13.8. The quantitative estimate of drug-likeness (QED) is 0.162. The monoisotopic (exact) mass is 542 g/mol. The summed E-state index contributed by atoms with van der Waals surface area (Å²) >= 11 is 0. The largest absolute Gasteiger partial charge is 0.468 e. The molecule has 210 valence electrons. The molecule has 0 bridgehead atoms. The second kappa shape index (κ2) is 15.0. The third kappa shape index (κ3) is 7.79. The number of hydrogen-bond acceptors (Lipinski definition) is 7. The van der Waals surface area contributed by atoms with Crippen LogP contribution < -0.4 is 0 Å². The van der Waals surface area contributed by atoms with Crippen molar-refractivity contribution in [3.63, 3.8) is 0 Å². The van der Waals surface area contributed by atoms with Crippen LogP contribution in [-0.4, -0.2) is 56.6 Å². The van der Waals surface area contributed by atoms with E-state index in [0.717, 1.165) is 36.1 Å². The summed E-state index contributed by atoms with van der Waals surface area (Å²) in [5.41, 5.74) is 3.32. The lowest BCUT2D eigenvalue weighted by Gasteiger charge is -2.26. The fourth-order valence-electron chi connectivity index (χ4n) is 5.17. The lowest BCUT2D eigenvalue weighted by Crippen LogP contribution is -2.36. The minimum atomic E-state index is -1.08. The van der Waals surface area contributed by atoms with Crippen LogP contribution in [0.1, 0.15) is 42.1 Å². The Hall–Kier alpha value is -3.97. The van der Waals surface area contributed by atoms with Gasteiger partial charge in [-0.25, -0.2) is 0 Å². The van der Waals surface area contributed by atoms with Crippen molar-refractivity contribution < 1.29 is 23.8 Å². The highest BCUT2D eigenvalue weighted by atomic mass is 16.5. The van der Waals surface area contributed by atoms with Crippen molar-refractivity contribution in [2.75, 3.05) is 27.4 Å². The van der Waals surface area contributed by atoms with E-state index in [1.165, 1.54) is 14.2 Å². The average Bonchev–Trinajstić information content (AvgIpc) is 3.47. The molecule has 1 aliphatic heterocycles. The maximum absolute atomic E-state index is 12.7. The van der Waals surface area contributed by atoms with Crippen molar-refractivity contribution >= 4 is 18.2 Å². The van der Waals surface area contributed by atoms with Gasteiger partial charge < -0.3 is 14.2 Å². The maximum Gasteiger partial charge on any atom is 0.320 e. The summed E-state index contributed by atoms with van der Waals surface area (Å²) in [6, 6.07) is 30.5. The molecule has 2 atom stereocenters. The molecule has 1 aliphatic rings. The predicted octanol–water partition coefficient (Wildman–Crippen LogP) is 5.45. The topological polar surface area (TPSA) is 77.4 Å². The van der Waals surface area contributed by atoms with Crippen molar-refractivity contribution in [1.82, 2.24) is 5.01 Å². The van der Waals surface area contributed by atoms with Gasteiger partial charge in [0.1, 0.15) is 6.10 Å². The zero-order chi connectivity index (χ0) is 28.2. The van der Waals surface area contributed by atoms with Crippen LogP contribution in [0.5, 0.6) is 0 Å². The summed E-state index contributed by atoms with van der Waals surface area (Å²) in [6.45, 7) is 1.27. The Morgan fingerprint density at radius 3 is 1.98 bits per heavy atom. The number of methoxy groups -OCH3 is 2. The molecule has 0 amide bonds. The molecular weight excluding hydrogens is 504 g/mol. The standard InChI is InChI=1S/C33H38N2O5/c1-38-32(36)30(33(37)39-2)28(21-20-25-13-6-3-7-14-25)23-34-35-22-12-19-29(35)24-40-31(26-15-8-4-9-16-26)27-17-10-5-11-18-27/h3-11,13-18,23,28-31H,12,19-22,24H2,1-2H3/b34-23+/t28-,29-/m0/s1. The summed E-state index contributed by atoms with van der Waals surface area (Å²) in [5, 5.41) is 6.83. The number of hydrogen-bond donors (Lipinski definition) is 0. The maximum atomic E-state index is 12.7. The first-order chi connectivity index (χ1) is 19.6. The first-order valence-electron chi connectivity index (χ1n) is 13.8. The van der Waals surface area contributed by atoms with E-state index in [4.69, 9.17) is 19.3 Å². The molecule has 0 N–H and O–H groups in total. The van der Waals surface area contributed by atoms with Crippen molar-refractivity contribution in [2.24, 2.45) is 16.9 Å². The highest BCUT2D eigenvalue weighted by Crippen LogP contribution is 2.28. The van der Waals surface area contributed by atoms with Crippen LogP contribution in [0.2, 0.25) is 0 Å². The number of ether oxygens (including phenoxy) is 3. The highest BCUT2D eigenvalue weighted by molar-refractivity contribution is 5.97. The summed E-state index contributed by atoms with van der Waals surface area (Å²) < 4.78 is 16.5. The molecule has 3 aromatic carbocycles. The number of esters is 2. The third-order valence-corrected chi connectivity index (χ3v) is 7.36. The Balaban J connectivity index is 1.49. The summed E-state index contributed by atoms with van der Waals surface area (Å²) in [7, 11) is 2.57. The third-order valence-electron chi connectivity index (χ3n) is 7.36. The molecule has 0 radical (unpaired) electrons. The molecule has 0 aliphatic carbocycles. The normalized spacial score (nSPS) is 16.0. The lowest BCUT2D eigenvalue weighted by molar-refractivity contribution is -0.160. The molecule has 3 aromatic rings. The van der Waals surface area contributed by atoms with Crippen LogP contribution >= 0.6 is 0 Å². The van der Waals surface area contributed by atoms with Crippen LogP contribution in [0.25, 0.3) is 0 Å². The minimum Gasteiger partial charge on any atom is -0.468 e. The van der Waals surface area contributed by atoms with Gasteiger partial charge in [0.15, 0.2) is 5.92 Å². The van der Waals surface area contributed by atoms with Gasteiger partial charge in [-0.15, -0.1) is 0 Å². The number of carbonyl (C=O) groups excluding carboxylic acids is 2. The van der Waals surface area contributed by atoms with Crippen LogP contribution in [0.4, 0.5) is 0 Å². The van der Waals surface area contributed by atoms with E-state index in [-0.39, 0.29) is 12.1 Å². The minimum absolute atomic E-state index is 0.0793. The van der Waals surface area contributed by atoms with Gasteiger partial charge in [0.2, 0.25) is 0 Å². The predicted molar refractivity (Wildman–Crippen MR) is 155 cm³/mol. The highest BCUT2D eigenvalue weighted by Gasteiger charge is 2.36. The van der Waals surface area contributed by atoms with Crippen LogP contribution in [-0.2, 0) is 30.2 Å². The van der Waals surface area contributed by atoms with E-state index in [0.29, 0.717) is 19.4 Å². The number of aryl methyl sites for hydroxylation is 1. The Kier molecular flexibility index (Phi) is 10.9. The molecule has 0 spiro atoms. The fourth-order valence-corrected chi connectivity index (χ4v) is 5.17. The van der Waals surface area contributed by atoms with E-state index in [2.05, 4.69) is 24.3 Å². The van der Waals surface area contributed by atoms with E-state index in [9.17, 15) is 9.59 Å². The molecule has 40 heavy (non-hydrogen) atoms. The Bertz CT molecular complexity index is 1160. The molecule has 4 rings (SSSR count). The number of rotatable bonds is 13. The van der Waals surface area contributed by atoms with Gasteiger partial charge in [0.05, 0.1) is 26.9 Å². The molecule has 1 fully saturated rings. The van der Waals surface area contributed by atoms with E-state index in [1.54, 1.807) is 6.21 Å². The van der Waals surface area contributed by atoms with Crippen LogP contribution in [0.15, 0.2) is 96.1 Å². The summed E-state index contributed by atoms with van der Waals surface area (Å²) in [6.07, 6.45) is 4.70. The summed E-state index contributed by atoms with van der Waals surface area (Å²) in [5.74, 6) is -2.80. The van der Waals surface area contributed by atoms with Gasteiger partial charge in [-0.1, -0.05) is 91.0 Å². The average molecular weight is 543 g/mol. The second-order valence-corrected chi connectivity index (χ2v) is 9.97. The lowest BCUT2D eigenvalue weighted by atomic mass is 9.88. The van der Waals surface area contributed by atoms with Crippen LogP contribution in [0, 0.1) is 11.8 Å². The Morgan fingerprint density at radius 2 is 1.43 bits per heavy atom. The van der Waals surface area contributed by atoms with Gasteiger partial charge in [0, 0.05) is 18.7 Å². The SMILES string of the molecule is COC(=O)C(C(=O)OC)[C@H](/C=N/N1CCC[C@H]1COC(c1ccccc1)c1ccccc1)CCc1ccccc1. The zero-order valence-corrected chi connectivity index (χ0v) is 23.2. The Labute approximate surface area is 236 Å². The number of carbonyl (C=O) groups is 2. The molecule has 1 saturated heterocycles. The molecule has 0 aromatic heterocycles. The number of benzene rings is 3. The van der Waals surface area contributed by atoms with Crippen molar-refractivity contribution in [1.29, 1.82) is 0 Å². The van der Waals surface area contributed by atoms with E-state index < -0.39 is 23.8 Å². The van der Waals surface area contributed by atoms with Gasteiger partial charge >= 0.3 is 11.9 Å². The second-order valence-electron chi connectivity index (χ2n) is 9.97. The van der Waals surface area contributed by atoms with Crippen molar-refractivity contribution in [3.8, 4) is 0 Å².